The van der Waals surface area contributed by atoms with E-state index in [0.29, 0.717) is 11.5 Å². The van der Waals surface area contributed by atoms with Crippen molar-refractivity contribution in [3.05, 3.63) is 0 Å². The van der Waals surface area contributed by atoms with Gasteiger partial charge in [0.05, 0.1) is 0 Å². The van der Waals surface area contributed by atoms with E-state index in [9.17, 15) is 0 Å². The molecular weight excluding hydrogens is 110 g/mol. The van der Waals surface area contributed by atoms with Crippen molar-refractivity contribution in [3.8, 4) is 0 Å². The van der Waals surface area contributed by atoms with Crippen LogP contribution in [-0.4, -0.2) is 6.04 Å². The van der Waals surface area contributed by atoms with E-state index in [-0.39, 0.29) is 0 Å². The molecule has 2 N–H and O–H groups in total. The Kier molecular flexibility index (Phi) is 3.20. The van der Waals surface area contributed by atoms with Crippen molar-refractivity contribution in [3.63, 3.8) is 0 Å². The predicted octanol–water partition coefficient (Wildman–Crippen LogP) is 2.16. The van der Waals surface area contributed by atoms with Crippen LogP contribution in [0.2, 0.25) is 0 Å². The molecular formula is C8H19N. The van der Waals surface area contributed by atoms with E-state index in [1.54, 1.807) is 0 Å². The van der Waals surface area contributed by atoms with Crippen molar-refractivity contribution in [1.29, 1.82) is 0 Å². The topological polar surface area (TPSA) is 26.0 Å². The van der Waals surface area contributed by atoms with Gasteiger partial charge in [-0.05, 0) is 18.8 Å². The minimum Gasteiger partial charge on any atom is -0.328 e. The second-order valence-corrected chi connectivity index (χ2v) is 3.70. The lowest BCUT2D eigenvalue weighted by Gasteiger charge is -2.24. The van der Waals surface area contributed by atoms with Crippen LogP contribution in [0.5, 0.6) is 0 Å². The maximum absolute atomic E-state index is 5.65. The molecule has 0 unspecified atom stereocenters. The summed E-state index contributed by atoms with van der Waals surface area (Å²) in [7, 11) is 0. The molecule has 0 spiro atoms. The van der Waals surface area contributed by atoms with Gasteiger partial charge in [-0.15, -0.1) is 0 Å². The third-order valence-corrected chi connectivity index (χ3v) is 1.83. The monoisotopic (exact) mass is 129 g/mol. The molecule has 0 aromatic carbocycles. The lowest BCUT2D eigenvalue weighted by molar-refractivity contribution is 0.300. The van der Waals surface area contributed by atoms with E-state index in [1.807, 2.05) is 0 Å². The van der Waals surface area contributed by atoms with Gasteiger partial charge in [-0.25, -0.2) is 0 Å². The van der Waals surface area contributed by atoms with Gasteiger partial charge in [-0.1, -0.05) is 27.2 Å². The minimum absolute atomic E-state index is 0.347. The highest BCUT2D eigenvalue weighted by Gasteiger charge is 2.16. The Labute approximate surface area is 58.6 Å². The Morgan fingerprint density at radius 1 is 1.44 bits per heavy atom. The number of rotatable bonds is 3. The molecule has 0 aromatic rings. The van der Waals surface area contributed by atoms with Crippen LogP contribution < -0.4 is 5.73 Å². The molecule has 1 heteroatoms. The highest BCUT2D eigenvalue weighted by molar-refractivity contribution is 4.70. The van der Waals surface area contributed by atoms with E-state index < -0.39 is 0 Å². The fourth-order valence-electron chi connectivity index (χ4n) is 1.02. The van der Waals surface area contributed by atoms with Crippen LogP contribution in [0.25, 0.3) is 0 Å². The van der Waals surface area contributed by atoms with Gasteiger partial charge in [0.1, 0.15) is 0 Å². The third kappa shape index (κ3) is 4.46. The molecule has 1 nitrogen and oxygen atoms in total. The SMILES string of the molecule is CCC(C)(C)C[C@@H](C)N. The second kappa shape index (κ2) is 3.21. The van der Waals surface area contributed by atoms with Gasteiger partial charge in [0.15, 0.2) is 0 Å². The van der Waals surface area contributed by atoms with Crippen molar-refractivity contribution >= 4 is 0 Å². The Balaban J connectivity index is 3.58. The zero-order valence-corrected chi connectivity index (χ0v) is 7.07. The van der Waals surface area contributed by atoms with Crippen molar-refractivity contribution in [1.82, 2.24) is 0 Å². The molecule has 0 radical (unpaired) electrons. The van der Waals surface area contributed by atoms with Gasteiger partial charge in [0.25, 0.3) is 0 Å². The van der Waals surface area contributed by atoms with Crippen molar-refractivity contribution in [2.75, 3.05) is 0 Å². The van der Waals surface area contributed by atoms with Crippen LogP contribution in [0.1, 0.15) is 40.5 Å². The summed E-state index contributed by atoms with van der Waals surface area (Å²) < 4.78 is 0. The summed E-state index contributed by atoms with van der Waals surface area (Å²) in [6.45, 7) is 8.80. The predicted molar refractivity (Wildman–Crippen MR) is 42.3 cm³/mol. The first-order chi connectivity index (χ1) is 3.98. The molecule has 0 aromatic heterocycles. The highest BCUT2D eigenvalue weighted by Crippen LogP contribution is 2.24. The number of hydrogen-bond donors (Lipinski definition) is 1. The summed E-state index contributed by atoms with van der Waals surface area (Å²) in [6.07, 6.45) is 2.35. The molecule has 0 rings (SSSR count). The van der Waals surface area contributed by atoms with E-state index in [2.05, 4.69) is 27.7 Å². The maximum Gasteiger partial charge on any atom is 0.00155 e. The van der Waals surface area contributed by atoms with Crippen LogP contribution in [0.4, 0.5) is 0 Å². The van der Waals surface area contributed by atoms with E-state index in [1.165, 1.54) is 6.42 Å². The zero-order chi connectivity index (χ0) is 7.49. The van der Waals surface area contributed by atoms with Crippen LogP contribution in [0.15, 0.2) is 0 Å². The lowest BCUT2D eigenvalue weighted by Crippen LogP contribution is -2.24. The van der Waals surface area contributed by atoms with Gasteiger partial charge >= 0.3 is 0 Å². The Morgan fingerprint density at radius 2 is 1.89 bits per heavy atom. The Morgan fingerprint density at radius 3 is 2.00 bits per heavy atom. The van der Waals surface area contributed by atoms with Crippen LogP contribution in [-0.2, 0) is 0 Å². The molecule has 0 saturated heterocycles. The molecule has 0 aliphatic heterocycles. The van der Waals surface area contributed by atoms with Crippen molar-refractivity contribution in [2.45, 2.75) is 46.6 Å². The summed E-state index contributed by atoms with van der Waals surface area (Å²) in [5.74, 6) is 0. The minimum atomic E-state index is 0.347. The van der Waals surface area contributed by atoms with Gasteiger partial charge in [-0.3, -0.25) is 0 Å². The van der Waals surface area contributed by atoms with Crippen molar-refractivity contribution < 1.29 is 0 Å². The van der Waals surface area contributed by atoms with Crippen LogP contribution in [0, 0.1) is 5.41 Å². The second-order valence-electron chi connectivity index (χ2n) is 3.70. The average Bonchev–Trinajstić information content (AvgIpc) is 1.63. The van der Waals surface area contributed by atoms with Crippen LogP contribution in [0.3, 0.4) is 0 Å². The van der Waals surface area contributed by atoms with E-state index >= 15 is 0 Å². The molecule has 0 fully saturated rings. The summed E-state index contributed by atoms with van der Waals surface area (Å²) in [4.78, 5) is 0. The first kappa shape index (κ1) is 8.96. The lowest BCUT2D eigenvalue weighted by atomic mass is 9.84. The van der Waals surface area contributed by atoms with Gasteiger partial charge in [0.2, 0.25) is 0 Å². The van der Waals surface area contributed by atoms with Gasteiger partial charge in [0, 0.05) is 6.04 Å². The average molecular weight is 129 g/mol. The summed E-state index contributed by atoms with van der Waals surface area (Å²) >= 11 is 0. The summed E-state index contributed by atoms with van der Waals surface area (Å²) in [5.41, 5.74) is 6.09. The third-order valence-electron chi connectivity index (χ3n) is 1.83. The first-order valence-electron chi connectivity index (χ1n) is 3.73. The quantitative estimate of drug-likeness (QED) is 0.621. The van der Waals surface area contributed by atoms with Gasteiger partial charge < -0.3 is 5.73 Å². The summed E-state index contributed by atoms with van der Waals surface area (Å²) in [5, 5.41) is 0. The van der Waals surface area contributed by atoms with E-state index in [0.717, 1.165) is 6.42 Å². The molecule has 0 bridgehead atoms. The molecule has 0 aliphatic rings. The molecule has 0 aliphatic carbocycles. The summed E-state index contributed by atoms with van der Waals surface area (Å²) in [6, 6.07) is 0.347. The molecule has 9 heavy (non-hydrogen) atoms. The van der Waals surface area contributed by atoms with E-state index in [4.69, 9.17) is 5.73 Å². The fourth-order valence-corrected chi connectivity index (χ4v) is 1.02. The Hall–Kier alpha value is -0.0400. The largest absolute Gasteiger partial charge is 0.328 e. The Bertz CT molecular complexity index is 74.6. The standard InChI is InChI=1S/C8H19N/c1-5-8(3,4)6-7(2)9/h7H,5-6,9H2,1-4H3/t7-/m1/s1. The first-order valence-corrected chi connectivity index (χ1v) is 3.73. The molecule has 0 amide bonds. The van der Waals surface area contributed by atoms with Crippen molar-refractivity contribution in [2.24, 2.45) is 11.1 Å². The molecule has 0 heterocycles. The zero-order valence-electron chi connectivity index (χ0n) is 7.07. The molecule has 56 valence electrons. The maximum atomic E-state index is 5.65. The smallest absolute Gasteiger partial charge is 0.00155 e. The van der Waals surface area contributed by atoms with Crippen LogP contribution >= 0.6 is 0 Å². The number of hydrogen-bond acceptors (Lipinski definition) is 1. The fraction of sp³-hybridized carbons (Fsp3) is 1.00. The normalized spacial score (nSPS) is 15.7. The molecule has 1 atom stereocenters. The number of nitrogens with two attached hydrogens (primary N) is 1. The molecule has 0 saturated carbocycles. The van der Waals surface area contributed by atoms with Gasteiger partial charge in [-0.2, -0.15) is 0 Å². The highest BCUT2D eigenvalue weighted by atomic mass is 14.6.